The van der Waals surface area contributed by atoms with Crippen LogP contribution in [0.25, 0.3) is 5.69 Å². The van der Waals surface area contributed by atoms with Crippen molar-refractivity contribution in [2.45, 2.75) is 27.3 Å². The van der Waals surface area contributed by atoms with Crippen LogP contribution in [0.3, 0.4) is 0 Å². The predicted octanol–water partition coefficient (Wildman–Crippen LogP) is 2.23. The molecule has 7 heteroatoms. The molecule has 0 aliphatic carbocycles. The Morgan fingerprint density at radius 1 is 1.43 bits per heavy atom. The standard InChI is InChI=1S/C14H19N5O2/c1-10(2)7-15-8-12-9-18(17-16-12)14-6-11(3)4-5-13(14)19(20)21/h4-6,9-10,15H,7-8H2,1-3H3. The molecule has 2 aromatic rings. The number of hydrogen-bond acceptors (Lipinski definition) is 5. The highest BCUT2D eigenvalue weighted by molar-refractivity contribution is 5.53. The summed E-state index contributed by atoms with van der Waals surface area (Å²) in [6.07, 6.45) is 1.72. The number of nitro benzene ring substituents is 1. The summed E-state index contributed by atoms with van der Waals surface area (Å²) in [6.45, 7) is 7.62. The first-order chi connectivity index (χ1) is 9.97. The number of nitro groups is 1. The Hall–Kier alpha value is -2.28. The molecule has 1 aromatic carbocycles. The van der Waals surface area contributed by atoms with Crippen molar-refractivity contribution in [2.24, 2.45) is 5.92 Å². The van der Waals surface area contributed by atoms with E-state index in [4.69, 9.17) is 0 Å². The molecule has 0 aliphatic rings. The van der Waals surface area contributed by atoms with Crippen molar-refractivity contribution in [1.29, 1.82) is 0 Å². The molecule has 0 saturated carbocycles. The maximum absolute atomic E-state index is 11.1. The molecule has 7 nitrogen and oxygen atoms in total. The third kappa shape index (κ3) is 3.85. The Morgan fingerprint density at radius 2 is 2.19 bits per heavy atom. The third-order valence-electron chi connectivity index (χ3n) is 2.97. The second-order valence-electron chi connectivity index (χ2n) is 5.43. The average molecular weight is 289 g/mol. The molecular weight excluding hydrogens is 270 g/mol. The molecule has 0 saturated heterocycles. The van der Waals surface area contributed by atoms with E-state index in [0.29, 0.717) is 18.2 Å². The second kappa shape index (κ2) is 6.45. The van der Waals surface area contributed by atoms with Crippen LogP contribution in [-0.2, 0) is 6.54 Å². The third-order valence-corrected chi connectivity index (χ3v) is 2.97. The topological polar surface area (TPSA) is 85.9 Å². The van der Waals surface area contributed by atoms with Crippen LogP contribution in [0.2, 0.25) is 0 Å². The van der Waals surface area contributed by atoms with Crippen LogP contribution in [-0.4, -0.2) is 26.5 Å². The Labute approximate surface area is 123 Å². The van der Waals surface area contributed by atoms with Gasteiger partial charge in [-0.25, -0.2) is 4.68 Å². The molecular formula is C14H19N5O2. The Kier molecular flexibility index (Phi) is 4.64. The van der Waals surface area contributed by atoms with Gasteiger partial charge in [0, 0.05) is 12.6 Å². The highest BCUT2D eigenvalue weighted by atomic mass is 16.6. The molecule has 0 atom stereocenters. The summed E-state index contributed by atoms with van der Waals surface area (Å²) in [5.74, 6) is 0.554. The van der Waals surface area contributed by atoms with Gasteiger partial charge in [-0.1, -0.05) is 25.1 Å². The molecule has 1 heterocycles. The lowest BCUT2D eigenvalue weighted by Gasteiger charge is -2.04. The van der Waals surface area contributed by atoms with Gasteiger partial charge in [-0.15, -0.1) is 5.10 Å². The number of aryl methyl sites for hydroxylation is 1. The molecule has 0 amide bonds. The molecule has 112 valence electrons. The van der Waals surface area contributed by atoms with E-state index in [-0.39, 0.29) is 5.69 Å². The molecule has 0 radical (unpaired) electrons. The van der Waals surface area contributed by atoms with E-state index < -0.39 is 4.92 Å². The molecule has 21 heavy (non-hydrogen) atoms. The molecule has 0 aliphatic heterocycles. The van der Waals surface area contributed by atoms with E-state index in [0.717, 1.165) is 17.8 Å². The van der Waals surface area contributed by atoms with Crippen molar-refractivity contribution >= 4 is 5.69 Å². The molecule has 0 fully saturated rings. The van der Waals surface area contributed by atoms with Gasteiger partial charge in [-0.05, 0) is 31.0 Å². The lowest BCUT2D eigenvalue weighted by molar-refractivity contribution is -0.384. The van der Waals surface area contributed by atoms with E-state index in [2.05, 4.69) is 29.5 Å². The summed E-state index contributed by atoms with van der Waals surface area (Å²) in [6, 6.07) is 4.94. The summed E-state index contributed by atoms with van der Waals surface area (Å²) in [5.41, 5.74) is 2.15. The summed E-state index contributed by atoms with van der Waals surface area (Å²) < 4.78 is 1.46. The second-order valence-corrected chi connectivity index (χ2v) is 5.43. The first-order valence-corrected chi connectivity index (χ1v) is 6.84. The van der Waals surface area contributed by atoms with Crippen molar-refractivity contribution in [3.63, 3.8) is 0 Å². The summed E-state index contributed by atoms with van der Waals surface area (Å²) >= 11 is 0. The predicted molar refractivity (Wildman–Crippen MR) is 79.3 cm³/mol. The molecule has 0 spiro atoms. The molecule has 1 aromatic heterocycles. The fraction of sp³-hybridized carbons (Fsp3) is 0.429. The van der Waals surface area contributed by atoms with E-state index >= 15 is 0 Å². The number of nitrogens with one attached hydrogen (secondary N) is 1. The molecule has 2 rings (SSSR count). The van der Waals surface area contributed by atoms with Crippen molar-refractivity contribution < 1.29 is 4.92 Å². The zero-order chi connectivity index (χ0) is 15.4. The number of rotatable bonds is 6. The number of aromatic nitrogens is 3. The minimum Gasteiger partial charge on any atom is -0.311 e. The van der Waals surface area contributed by atoms with Crippen LogP contribution in [0.1, 0.15) is 25.1 Å². The molecule has 0 unspecified atom stereocenters. The van der Waals surface area contributed by atoms with Gasteiger partial charge in [0.25, 0.3) is 5.69 Å². The van der Waals surface area contributed by atoms with Gasteiger partial charge in [0.05, 0.1) is 16.8 Å². The fourth-order valence-corrected chi connectivity index (χ4v) is 1.96. The fourth-order valence-electron chi connectivity index (χ4n) is 1.96. The zero-order valence-electron chi connectivity index (χ0n) is 12.4. The van der Waals surface area contributed by atoms with Crippen LogP contribution in [0.15, 0.2) is 24.4 Å². The Morgan fingerprint density at radius 3 is 2.86 bits per heavy atom. The van der Waals surface area contributed by atoms with Crippen molar-refractivity contribution in [3.8, 4) is 5.69 Å². The molecule has 0 bridgehead atoms. The van der Waals surface area contributed by atoms with Crippen molar-refractivity contribution in [1.82, 2.24) is 20.3 Å². The lowest BCUT2D eigenvalue weighted by atomic mass is 10.2. The van der Waals surface area contributed by atoms with Crippen LogP contribution < -0.4 is 5.32 Å². The normalized spacial score (nSPS) is 11.0. The van der Waals surface area contributed by atoms with Gasteiger partial charge in [-0.2, -0.15) is 0 Å². The van der Waals surface area contributed by atoms with Crippen molar-refractivity contribution in [2.75, 3.05) is 6.54 Å². The highest BCUT2D eigenvalue weighted by Gasteiger charge is 2.16. The SMILES string of the molecule is Cc1ccc([N+](=O)[O-])c(-n2cc(CNCC(C)C)nn2)c1. The average Bonchev–Trinajstić information content (AvgIpc) is 2.86. The molecule has 1 N–H and O–H groups in total. The van der Waals surface area contributed by atoms with E-state index in [1.807, 2.05) is 6.92 Å². The minimum absolute atomic E-state index is 0.0205. The van der Waals surface area contributed by atoms with Gasteiger partial charge >= 0.3 is 0 Å². The van der Waals surface area contributed by atoms with Crippen LogP contribution in [0.5, 0.6) is 0 Å². The number of nitrogens with zero attached hydrogens (tertiary/aromatic N) is 4. The summed E-state index contributed by atoms with van der Waals surface area (Å²) in [7, 11) is 0. The largest absolute Gasteiger partial charge is 0.311 e. The van der Waals surface area contributed by atoms with E-state index in [1.165, 1.54) is 10.7 Å². The van der Waals surface area contributed by atoms with Gasteiger partial charge < -0.3 is 5.32 Å². The summed E-state index contributed by atoms with van der Waals surface area (Å²) in [5, 5.41) is 22.4. The van der Waals surface area contributed by atoms with Crippen molar-refractivity contribution in [3.05, 3.63) is 45.8 Å². The number of benzene rings is 1. The Bertz CT molecular complexity index is 636. The highest BCUT2D eigenvalue weighted by Crippen LogP contribution is 2.23. The van der Waals surface area contributed by atoms with Gasteiger partial charge in [0.1, 0.15) is 5.69 Å². The van der Waals surface area contributed by atoms with Crippen LogP contribution in [0.4, 0.5) is 5.69 Å². The van der Waals surface area contributed by atoms with E-state index in [9.17, 15) is 10.1 Å². The van der Waals surface area contributed by atoms with Crippen LogP contribution >= 0.6 is 0 Å². The maximum Gasteiger partial charge on any atom is 0.294 e. The van der Waals surface area contributed by atoms with E-state index in [1.54, 1.807) is 18.3 Å². The first-order valence-electron chi connectivity index (χ1n) is 6.84. The first kappa shape index (κ1) is 15.1. The quantitative estimate of drug-likeness (QED) is 0.651. The lowest BCUT2D eigenvalue weighted by Crippen LogP contribution is -2.19. The smallest absolute Gasteiger partial charge is 0.294 e. The van der Waals surface area contributed by atoms with Gasteiger partial charge in [-0.3, -0.25) is 10.1 Å². The Balaban J connectivity index is 2.21. The number of hydrogen-bond donors (Lipinski definition) is 1. The summed E-state index contributed by atoms with van der Waals surface area (Å²) in [4.78, 5) is 10.7. The monoisotopic (exact) mass is 289 g/mol. The zero-order valence-corrected chi connectivity index (χ0v) is 12.4. The maximum atomic E-state index is 11.1. The van der Waals surface area contributed by atoms with Gasteiger partial charge in [0.2, 0.25) is 0 Å². The van der Waals surface area contributed by atoms with Gasteiger partial charge in [0.15, 0.2) is 0 Å². The van der Waals surface area contributed by atoms with Crippen LogP contribution in [0, 0.1) is 23.0 Å². The minimum atomic E-state index is -0.410.